The van der Waals surface area contributed by atoms with E-state index < -0.39 is 0 Å². The lowest BCUT2D eigenvalue weighted by atomic mass is 10.1. The molecule has 1 aromatic heterocycles. The van der Waals surface area contributed by atoms with Crippen molar-refractivity contribution >= 4 is 28.4 Å². The van der Waals surface area contributed by atoms with Crippen LogP contribution in [0.2, 0.25) is 5.02 Å². The molecule has 23 heavy (non-hydrogen) atoms. The number of ether oxygens (including phenoxy) is 1. The second-order valence-electron chi connectivity index (χ2n) is 6.01. The molecule has 3 heterocycles. The third-order valence-electron chi connectivity index (χ3n) is 4.67. The maximum atomic E-state index is 13.1. The third-order valence-corrected chi connectivity index (χ3v) is 4.99. The number of amides is 1. The van der Waals surface area contributed by atoms with Crippen LogP contribution in [0.15, 0.2) is 30.5 Å². The highest BCUT2D eigenvalue weighted by Crippen LogP contribution is 2.27. The predicted octanol–water partition coefficient (Wildman–Crippen LogP) is 2.04. The Morgan fingerprint density at radius 1 is 1.26 bits per heavy atom. The summed E-state index contributed by atoms with van der Waals surface area (Å²) in [5.41, 5.74) is 1.35. The summed E-state index contributed by atoms with van der Waals surface area (Å²) in [4.78, 5) is 21.7. The predicted molar refractivity (Wildman–Crippen MR) is 88.8 cm³/mol. The van der Waals surface area contributed by atoms with E-state index in [1.165, 1.54) is 0 Å². The Morgan fingerprint density at radius 3 is 3.09 bits per heavy atom. The van der Waals surface area contributed by atoms with Crippen molar-refractivity contribution in [2.45, 2.75) is 6.04 Å². The number of morpholine rings is 1. The van der Waals surface area contributed by atoms with Gasteiger partial charge in [-0.15, -0.1) is 0 Å². The number of hydrogen-bond donors (Lipinski definition) is 0. The summed E-state index contributed by atoms with van der Waals surface area (Å²) < 4.78 is 5.55. The first-order valence-electron chi connectivity index (χ1n) is 7.88. The summed E-state index contributed by atoms with van der Waals surface area (Å²) in [7, 11) is 0. The van der Waals surface area contributed by atoms with Crippen LogP contribution in [0.4, 0.5) is 0 Å². The summed E-state index contributed by atoms with van der Waals surface area (Å²) in [5, 5.41) is 1.30. The Labute approximate surface area is 139 Å². The maximum absolute atomic E-state index is 13.1. The molecule has 6 heteroatoms. The molecule has 0 N–H and O–H groups in total. The number of hydrogen-bond acceptors (Lipinski definition) is 4. The van der Waals surface area contributed by atoms with E-state index in [1.807, 2.05) is 23.1 Å². The van der Waals surface area contributed by atoms with E-state index in [9.17, 15) is 4.79 Å². The van der Waals surface area contributed by atoms with Gasteiger partial charge in [-0.2, -0.15) is 0 Å². The molecule has 0 aliphatic carbocycles. The molecule has 1 amide bonds. The molecule has 2 aromatic rings. The topological polar surface area (TPSA) is 45.7 Å². The van der Waals surface area contributed by atoms with Gasteiger partial charge in [0.05, 0.1) is 35.4 Å². The van der Waals surface area contributed by atoms with E-state index in [0.717, 1.165) is 37.1 Å². The summed E-state index contributed by atoms with van der Waals surface area (Å²) in [6.07, 6.45) is 1.72. The Morgan fingerprint density at radius 2 is 2.17 bits per heavy atom. The molecule has 2 saturated heterocycles. The van der Waals surface area contributed by atoms with Crippen LogP contribution in [0.1, 0.15) is 10.4 Å². The number of rotatable bonds is 1. The lowest BCUT2D eigenvalue weighted by molar-refractivity contribution is -0.0394. The molecule has 1 aromatic carbocycles. The molecule has 0 radical (unpaired) electrons. The van der Waals surface area contributed by atoms with Crippen LogP contribution in [0, 0.1) is 0 Å². The van der Waals surface area contributed by atoms with Gasteiger partial charge < -0.3 is 9.64 Å². The molecule has 2 fully saturated rings. The normalized spacial score (nSPS) is 22.1. The van der Waals surface area contributed by atoms with E-state index in [-0.39, 0.29) is 11.9 Å². The van der Waals surface area contributed by atoms with Crippen LogP contribution < -0.4 is 0 Å². The molecule has 0 saturated carbocycles. The smallest absolute Gasteiger partial charge is 0.256 e. The highest BCUT2D eigenvalue weighted by molar-refractivity contribution is 6.35. The fourth-order valence-electron chi connectivity index (χ4n) is 3.43. The van der Waals surface area contributed by atoms with Gasteiger partial charge in [0.2, 0.25) is 0 Å². The lowest BCUT2D eigenvalue weighted by Gasteiger charge is -2.43. The fraction of sp³-hybridized carbons (Fsp3) is 0.412. The second-order valence-corrected chi connectivity index (χ2v) is 6.42. The number of carbonyl (C=O) groups excluding carboxylic acids is 1. The third kappa shape index (κ3) is 2.69. The summed E-state index contributed by atoms with van der Waals surface area (Å²) >= 11 is 6.34. The number of halogens is 1. The van der Waals surface area contributed by atoms with E-state index in [1.54, 1.807) is 12.3 Å². The zero-order valence-electron chi connectivity index (χ0n) is 12.7. The molecule has 0 bridgehead atoms. The first kappa shape index (κ1) is 14.9. The van der Waals surface area contributed by atoms with Crippen molar-refractivity contribution in [2.75, 3.05) is 39.4 Å². The summed E-state index contributed by atoms with van der Waals surface area (Å²) in [6.45, 7) is 4.72. The van der Waals surface area contributed by atoms with E-state index in [4.69, 9.17) is 16.3 Å². The molecule has 120 valence electrons. The molecule has 4 rings (SSSR count). The van der Waals surface area contributed by atoms with Crippen molar-refractivity contribution in [3.8, 4) is 0 Å². The van der Waals surface area contributed by atoms with Gasteiger partial charge in [-0.25, -0.2) is 0 Å². The monoisotopic (exact) mass is 331 g/mol. The van der Waals surface area contributed by atoms with Crippen LogP contribution in [0.25, 0.3) is 10.9 Å². The number of fused-ring (bicyclic) bond motifs is 2. The minimum Gasteiger partial charge on any atom is -0.378 e. The quantitative estimate of drug-likeness (QED) is 0.802. The van der Waals surface area contributed by atoms with Crippen molar-refractivity contribution in [3.05, 3.63) is 41.0 Å². The van der Waals surface area contributed by atoms with E-state index in [0.29, 0.717) is 23.7 Å². The van der Waals surface area contributed by atoms with Gasteiger partial charge in [-0.3, -0.25) is 14.7 Å². The molecule has 2 aliphatic heterocycles. The highest BCUT2D eigenvalue weighted by Gasteiger charge is 2.33. The van der Waals surface area contributed by atoms with Gasteiger partial charge in [0.1, 0.15) is 0 Å². The number of benzene rings is 1. The second kappa shape index (κ2) is 6.07. The Bertz CT molecular complexity index is 752. The maximum Gasteiger partial charge on any atom is 0.256 e. The van der Waals surface area contributed by atoms with Gasteiger partial charge in [0, 0.05) is 37.8 Å². The Hall–Kier alpha value is -1.69. The van der Waals surface area contributed by atoms with Gasteiger partial charge in [0.25, 0.3) is 5.91 Å². The summed E-state index contributed by atoms with van der Waals surface area (Å²) in [5.74, 6) is -0.0150. The molecular weight excluding hydrogens is 314 g/mol. The number of piperazine rings is 1. The number of nitrogens with zero attached hydrogens (tertiary/aromatic N) is 3. The zero-order valence-corrected chi connectivity index (χ0v) is 13.5. The minimum absolute atomic E-state index is 0.0150. The fourth-order valence-corrected chi connectivity index (χ4v) is 3.68. The molecule has 1 atom stereocenters. The number of pyridine rings is 1. The van der Waals surface area contributed by atoms with Crippen LogP contribution >= 0.6 is 11.6 Å². The largest absolute Gasteiger partial charge is 0.378 e. The average molecular weight is 332 g/mol. The molecule has 2 aliphatic rings. The van der Waals surface area contributed by atoms with E-state index >= 15 is 0 Å². The highest BCUT2D eigenvalue weighted by atomic mass is 35.5. The van der Waals surface area contributed by atoms with Crippen LogP contribution in [-0.4, -0.2) is 66.1 Å². The first-order valence-corrected chi connectivity index (χ1v) is 8.26. The lowest BCUT2D eigenvalue weighted by Crippen LogP contribution is -2.59. The first-order chi connectivity index (χ1) is 11.2. The van der Waals surface area contributed by atoms with Crippen molar-refractivity contribution in [1.29, 1.82) is 0 Å². The van der Waals surface area contributed by atoms with Crippen molar-refractivity contribution in [2.24, 2.45) is 0 Å². The SMILES string of the molecule is O=C(c1c(Cl)ccc2ncccc12)N1CCN2CCOCC2C1. The minimum atomic E-state index is -0.0150. The van der Waals surface area contributed by atoms with Crippen molar-refractivity contribution in [1.82, 2.24) is 14.8 Å². The van der Waals surface area contributed by atoms with Crippen LogP contribution in [0.5, 0.6) is 0 Å². The Kier molecular flexibility index (Phi) is 3.93. The summed E-state index contributed by atoms with van der Waals surface area (Å²) in [6, 6.07) is 7.63. The number of carbonyl (C=O) groups is 1. The standard InChI is InChI=1S/C17H18ClN3O2/c18-14-3-4-15-13(2-1-5-19-15)16(14)17(22)21-7-6-20-8-9-23-11-12(20)10-21/h1-5,12H,6-11H2. The van der Waals surface area contributed by atoms with Crippen molar-refractivity contribution in [3.63, 3.8) is 0 Å². The zero-order chi connectivity index (χ0) is 15.8. The van der Waals surface area contributed by atoms with Gasteiger partial charge in [-0.1, -0.05) is 17.7 Å². The van der Waals surface area contributed by atoms with Gasteiger partial charge in [0.15, 0.2) is 0 Å². The van der Waals surface area contributed by atoms with Crippen molar-refractivity contribution < 1.29 is 9.53 Å². The van der Waals surface area contributed by atoms with Gasteiger partial charge >= 0.3 is 0 Å². The molecule has 5 nitrogen and oxygen atoms in total. The molecule has 1 unspecified atom stereocenters. The average Bonchev–Trinajstić information content (AvgIpc) is 2.60. The molecular formula is C17H18ClN3O2. The van der Waals surface area contributed by atoms with Gasteiger partial charge in [-0.05, 0) is 18.2 Å². The Balaban J connectivity index is 1.66. The van der Waals surface area contributed by atoms with Crippen LogP contribution in [0.3, 0.4) is 0 Å². The van der Waals surface area contributed by atoms with Crippen LogP contribution in [-0.2, 0) is 4.74 Å². The van der Waals surface area contributed by atoms with E-state index in [2.05, 4.69) is 9.88 Å². The number of aromatic nitrogens is 1. The molecule has 0 spiro atoms.